The lowest BCUT2D eigenvalue weighted by atomic mass is 9.87. The third-order valence-electron chi connectivity index (χ3n) is 5.05. The number of nitrogens with one attached hydrogen (secondary N) is 1. The van der Waals surface area contributed by atoms with E-state index < -0.39 is 0 Å². The van der Waals surface area contributed by atoms with Crippen molar-refractivity contribution in [1.82, 2.24) is 15.1 Å². The van der Waals surface area contributed by atoms with Crippen LogP contribution in [0.1, 0.15) is 66.7 Å². The quantitative estimate of drug-likeness (QED) is 0.647. The first-order valence-electron chi connectivity index (χ1n) is 9.53. The largest absolute Gasteiger partial charge is 0.388 e. The van der Waals surface area contributed by atoms with Crippen molar-refractivity contribution in [2.24, 2.45) is 5.41 Å². The monoisotopic (exact) mass is 339 g/mol. The van der Waals surface area contributed by atoms with Gasteiger partial charge in [0.2, 0.25) is 5.91 Å². The van der Waals surface area contributed by atoms with Gasteiger partial charge in [-0.3, -0.25) is 4.79 Å². The fourth-order valence-electron chi connectivity index (χ4n) is 2.44. The van der Waals surface area contributed by atoms with Crippen molar-refractivity contribution in [3.05, 3.63) is 12.3 Å². The summed E-state index contributed by atoms with van der Waals surface area (Å²) in [6, 6.07) is 0.454. The summed E-state index contributed by atoms with van der Waals surface area (Å²) in [5, 5.41) is 3.41. The molecule has 1 fully saturated rings. The van der Waals surface area contributed by atoms with Crippen LogP contribution in [0.25, 0.3) is 0 Å². The van der Waals surface area contributed by atoms with Crippen molar-refractivity contribution in [3.63, 3.8) is 0 Å². The Hall–Kier alpha value is -1.03. The molecule has 1 unspecified atom stereocenters. The molecule has 0 aromatic rings. The Morgan fingerprint density at radius 1 is 1.38 bits per heavy atom. The molecule has 1 N–H and O–H groups in total. The summed E-state index contributed by atoms with van der Waals surface area (Å²) in [4.78, 5) is 15.3. The van der Waals surface area contributed by atoms with Crippen LogP contribution in [0, 0.1) is 5.41 Å². The predicted molar refractivity (Wildman–Crippen MR) is 105 cm³/mol. The first-order chi connectivity index (χ1) is 11.2. The van der Waals surface area contributed by atoms with Crippen molar-refractivity contribution >= 4 is 5.91 Å². The van der Waals surface area contributed by atoms with Gasteiger partial charge in [0.1, 0.15) is 0 Å². The van der Waals surface area contributed by atoms with E-state index in [2.05, 4.69) is 65.5 Å². The lowest BCUT2D eigenvalue weighted by Crippen LogP contribution is -2.33. The van der Waals surface area contributed by atoms with E-state index in [1.165, 1.54) is 12.1 Å². The normalized spacial score (nSPS) is 16.0. The Labute approximate surface area is 150 Å². The summed E-state index contributed by atoms with van der Waals surface area (Å²) >= 11 is 0. The molecule has 0 aromatic heterocycles. The van der Waals surface area contributed by atoms with E-state index in [9.17, 15) is 4.79 Å². The molecule has 1 aliphatic heterocycles. The van der Waals surface area contributed by atoms with Crippen molar-refractivity contribution in [1.29, 1.82) is 0 Å². The van der Waals surface area contributed by atoms with Gasteiger partial charge >= 0.3 is 0 Å². The topological polar surface area (TPSA) is 35.6 Å². The maximum Gasteiger partial charge on any atom is 0.222 e. The molecule has 0 radical (unpaired) electrons. The summed E-state index contributed by atoms with van der Waals surface area (Å²) in [6.45, 7) is 18.1. The minimum atomic E-state index is 0.220. The second-order valence-electron chi connectivity index (χ2n) is 7.75. The number of hydrogen-bond acceptors (Lipinski definition) is 3. The molecule has 0 aromatic carbocycles. The average Bonchev–Trinajstić information content (AvgIpc) is 2.97. The summed E-state index contributed by atoms with van der Waals surface area (Å²) in [5.74, 6) is 0.342. The van der Waals surface area contributed by atoms with Gasteiger partial charge in [-0.15, -0.1) is 0 Å². The lowest BCUT2D eigenvalue weighted by Gasteiger charge is -2.26. The molecule has 142 valence electrons. The summed E-state index contributed by atoms with van der Waals surface area (Å²) < 4.78 is 0. The van der Waals surface area contributed by atoms with Gasteiger partial charge in [-0.1, -0.05) is 34.3 Å². The smallest absolute Gasteiger partial charge is 0.222 e. The zero-order valence-electron chi connectivity index (χ0n) is 17.2. The second-order valence-corrected chi connectivity index (χ2v) is 7.75. The fourth-order valence-corrected chi connectivity index (χ4v) is 2.44. The molecular formula is C20H41N3O. The zero-order valence-corrected chi connectivity index (χ0v) is 17.2. The van der Waals surface area contributed by atoms with Crippen LogP contribution in [-0.2, 0) is 4.79 Å². The molecule has 0 aliphatic carbocycles. The van der Waals surface area contributed by atoms with Crippen molar-refractivity contribution < 1.29 is 4.79 Å². The van der Waals surface area contributed by atoms with Crippen LogP contribution >= 0.6 is 0 Å². The van der Waals surface area contributed by atoms with Crippen LogP contribution in [0.4, 0.5) is 0 Å². The van der Waals surface area contributed by atoms with Crippen LogP contribution in [-0.4, -0.2) is 55.5 Å². The number of rotatable bonds is 9. The Kier molecular flexibility index (Phi) is 11.0. The highest BCUT2D eigenvalue weighted by atomic mass is 16.2. The molecule has 24 heavy (non-hydrogen) atoms. The van der Waals surface area contributed by atoms with Crippen LogP contribution in [0.15, 0.2) is 12.3 Å². The molecule has 1 aliphatic rings. The van der Waals surface area contributed by atoms with Gasteiger partial charge in [-0.2, -0.15) is 0 Å². The molecule has 1 rings (SSSR count). The second kappa shape index (κ2) is 11.5. The SMILES string of the molecule is C=C(NCCCN(C)C)C(C)(C)CC.CCC(C)N1CCCC1=O. The minimum Gasteiger partial charge on any atom is -0.388 e. The Morgan fingerprint density at radius 2 is 2.00 bits per heavy atom. The molecule has 4 nitrogen and oxygen atoms in total. The molecule has 4 heteroatoms. The van der Waals surface area contributed by atoms with Crippen molar-refractivity contribution in [2.75, 3.05) is 33.7 Å². The van der Waals surface area contributed by atoms with E-state index in [0.717, 1.165) is 45.3 Å². The highest BCUT2D eigenvalue weighted by molar-refractivity contribution is 5.78. The van der Waals surface area contributed by atoms with Gasteiger partial charge in [0.15, 0.2) is 0 Å². The number of carbonyl (C=O) groups is 1. The zero-order chi connectivity index (χ0) is 18.8. The van der Waals surface area contributed by atoms with Gasteiger partial charge in [-0.25, -0.2) is 0 Å². The molecule has 1 heterocycles. The number of nitrogens with zero attached hydrogens (tertiary/aromatic N) is 2. The van der Waals surface area contributed by atoms with E-state index in [1.54, 1.807) is 0 Å². The van der Waals surface area contributed by atoms with Gasteiger partial charge in [0, 0.05) is 36.7 Å². The first-order valence-corrected chi connectivity index (χ1v) is 9.53. The molecule has 1 amide bonds. The molecular weight excluding hydrogens is 298 g/mol. The van der Waals surface area contributed by atoms with Gasteiger partial charge in [0.25, 0.3) is 0 Å². The highest BCUT2D eigenvalue weighted by Gasteiger charge is 2.23. The fraction of sp³-hybridized carbons (Fsp3) is 0.850. The van der Waals surface area contributed by atoms with Crippen molar-refractivity contribution in [2.45, 2.75) is 72.8 Å². The van der Waals surface area contributed by atoms with Crippen LogP contribution in [0.2, 0.25) is 0 Å². The Morgan fingerprint density at radius 3 is 2.42 bits per heavy atom. The third-order valence-corrected chi connectivity index (χ3v) is 5.05. The number of amides is 1. The third kappa shape index (κ3) is 8.72. The highest BCUT2D eigenvalue weighted by Crippen LogP contribution is 2.26. The van der Waals surface area contributed by atoms with E-state index in [0.29, 0.717) is 11.9 Å². The number of allylic oxidation sites excluding steroid dienone is 1. The predicted octanol–water partition coefficient (Wildman–Crippen LogP) is 3.88. The Bertz CT molecular complexity index is 377. The Balaban J connectivity index is 0.000000463. The molecule has 1 saturated heterocycles. The van der Waals surface area contributed by atoms with Gasteiger partial charge in [-0.05, 0) is 53.2 Å². The number of carbonyl (C=O) groups excluding carboxylic acids is 1. The summed E-state index contributed by atoms with van der Waals surface area (Å²) in [7, 11) is 4.20. The molecule has 1 atom stereocenters. The number of hydrogen-bond donors (Lipinski definition) is 1. The molecule has 0 spiro atoms. The average molecular weight is 340 g/mol. The maximum atomic E-state index is 11.1. The molecule has 0 bridgehead atoms. The minimum absolute atomic E-state index is 0.220. The summed E-state index contributed by atoms with van der Waals surface area (Å²) in [5.41, 5.74) is 1.39. The standard InChI is InChI=1S/C12H26N2.C8H15NO/c1-7-12(3,4)11(2)13-9-8-10-14(5)6;1-3-7(2)9-6-4-5-8(9)10/h13H,2,7-10H2,1,3-6H3;7H,3-6H2,1-2H3. The van der Waals surface area contributed by atoms with Gasteiger partial charge in [0.05, 0.1) is 0 Å². The van der Waals surface area contributed by atoms with Crippen LogP contribution in [0.5, 0.6) is 0 Å². The van der Waals surface area contributed by atoms with E-state index in [1.807, 2.05) is 4.90 Å². The first kappa shape index (κ1) is 23.0. The lowest BCUT2D eigenvalue weighted by molar-refractivity contribution is -0.129. The van der Waals surface area contributed by atoms with Gasteiger partial charge < -0.3 is 15.1 Å². The maximum absolute atomic E-state index is 11.1. The van der Waals surface area contributed by atoms with Crippen LogP contribution in [0.3, 0.4) is 0 Å². The summed E-state index contributed by atoms with van der Waals surface area (Å²) in [6.07, 6.45) is 5.21. The van der Waals surface area contributed by atoms with Crippen molar-refractivity contribution in [3.8, 4) is 0 Å². The van der Waals surface area contributed by atoms with E-state index >= 15 is 0 Å². The van der Waals surface area contributed by atoms with E-state index in [-0.39, 0.29) is 5.41 Å². The number of likely N-dealkylation sites (tertiary alicyclic amines) is 1. The van der Waals surface area contributed by atoms with Crippen LogP contribution < -0.4 is 5.32 Å². The van der Waals surface area contributed by atoms with E-state index in [4.69, 9.17) is 0 Å². The molecule has 0 saturated carbocycles.